The first kappa shape index (κ1) is 13.3. The number of nitrogens with one attached hydrogen (secondary N) is 1. The topological polar surface area (TPSA) is 109 Å². The molecule has 0 fully saturated rings. The fourth-order valence-corrected chi connectivity index (χ4v) is 1.46. The van der Waals surface area contributed by atoms with E-state index in [1.165, 1.54) is 0 Å². The van der Waals surface area contributed by atoms with Crippen LogP contribution in [0.15, 0.2) is 0 Å². The maximum absolute atomic E-state index is 11.2. The van der Waals surface area contributed by atoms with Crippen LogP contribution in [0.1, 0.15) is 19.8 Å². The highest BCUT2D eigenvalue weighted by atomic mass is 32.2. The van der Waals surface area contributed by atoms with Gasteiger partial charge >= 0.3 is 0 Å². The molecule has 0 bridgehead atoms. The van der Waals surface area contributed by atoms with Crippen molar-refractivity contribution in [3.8, 4) is 0 Å². The van der Waals surface area contributed by atoms with Gasteiger partial charge in [-0.25, -0.2) is 0 Å². The van der Waals surface area contributed by atoms with Crippen molar-refractivity contribution in [2.45, 2.75) is 25.0 Å². The highest BCUT2D eigenvalue weighted by Gasteiger charge is 2.28. The zero-order chi connectivity index (χ0) is 11.2. The molecule has 0 aromatic heterocycles. The Morgan fingerprint density at radius 1 is 1.57 bits per heavy atom. The van der Waals surface area contributed by atoms with Gasteiger partial charge in [-0.3, -0.25) is 9.35 Å². The smallest absolute Gasteiger partial charge is 0.278 e. The second-order valence-electron chi connectivity index (χ2n) is 2.88. The molecule has 1 amide bonds. The third kappa shape index (κ3) is 4.54. The molecule has 1 unspecified atom stereocenters. The number of unbranched alkanes of at least 4 members (excludes halogenated alkanes) is 1. The Hall–Kier alpha value is -0.660. The number of amides is 1. The van der Waals surface area contributed by atoms with Crippen molar-refractivity contribution < 1.29 is 17.8 Å². The third-order valence-corrected chi connectivity index (χ3v) is 2.82. The Kier molecular flexibility index (Phi) is 5.66. The molecule has 0 radical (unpaired) electrons. The van der Waals surface area contributed by atoms with Crippen LogP contribution in [0, 0.1) is 0 Å². The number of hydrogen-bond acceptors (Lipinski definition) is 4. The monoisotopic (exact) mass is 224 g/mol. The van der Waals surface area contributed by atoms with Crippen LogP contribution in [0.4, 0.5) is 0 Å². The molecule has 6 nitrogen and oxygen atoms in total. The van der Waals surface area contributed by atoms with E-state index in [0.29, 0.717) is 6.54 Å². The van der Waals surface area contributed by atoms with Crippen molar-refractivity contribution in [3.63, 3.8) is 0 Å². The Morgan fingerprint density at radius 2 is 2.14 bits per heavy atom. The van der Waals surface area contributed by atoms with Crippen molar-refractivity contribution in [2.24, 2.45) is 5.73 Å². The Bertz CT molecular complexity index is 275. The van der Waals surface area contributed by atoms with Gasteiger partial charge in [0, 0.05) is 13.1 Å². The van der Waals surface area contributed by atoms with E-state index in [0.717, 1.165) is 12.8 Å². The van der Waals surface area contributed by atoms with E-state index in [2.05, 4.69) is 5.32 Å². The van der Waals surface area contributed by atoms with Gasteiger partial charge in [0.25, 0.3) is 10.1 Å². The van der Waals surface area contributed by atoms with E-state index < -0.39 is 27.8 Å². The summed E-state index contributed by atoms with van der Waals surface area (Å²) in [7, 11) is -4.39. The molecule has 1 atom stereocenters. The van der Waals surface area contributed by atoms with E-state index in [9.17, 15) is 13.2 Å². The van der Waals surface area contributed by atoms with Crippen molar-refractivity contribution in [1.29, 1.82) is 0 Å². The molecule has 0 spiro atoms. The summed E-state index contributed by atoms with van der Waals surface area (Å²) in [6.45, 7) is 1.91. The standard InChI is InChI=1S/C7H16N2O4S/c1-2-3-4-9-7(10)6(5-8)14(11,12)13/h6H,2-5,8H2,1H3,(H,9,10)(H,11,12,13). The molecule has 0 heterocycles. The molecule has 0 saturated heterocycles. The fraction of sp³-hybridized carbons (Fsp3) is 0.857. The van der Waals surface area contributed by atoms with Crippen molar-refractivity contribution in [2.75, 3.05) is 13.1 Å². The predicted molar refractivity (Wildman–Crippen MR) is 52.3 cm³/mol. The van der Waals surface area contributed by atoms with Crippen LogP contribution in [0.25, 0.3) is 0 Å². The summed E-state index contributed by atoms with van der Waals surface area (Å²) in [5, 5.41) is 0.827. The summed E-state index contributed by atoms with van der Waals surface area (Å²) in [5.74, 6) is -0.747. The van der Waals surface area contributed by atoms with Crippen LogP contribution in [0.2, 0.25) is 0 Å². The average molecular weight is 224 g/mol. The normalized spacial score (nSPS) is 13.6. The van der Waals surface area contributed by atoms with Crippen LogP contribution < -0.4 is 11.1 Å². The average Bonchev–Trinajstić information content (AvgIpc) is 2.03. The van der Waals surface area contributed by atoms with Gasteiger partial charge in [0.2, 0.25) is 5.91 Å². The second kappa shape index (κ2) is 5.94. The van der Waals surface area contributed by atoms with Gasteiger partial charge in [0.15, 0.2) is 5.25 Å². The maximum Gasteiger partial charge on any atom is 0.278 e. The zero-order valence-electron chi connectivity index (χ0n) is 8.06. The molecular weight excluding hydrogens is 208 g/mol. The minimum atomic E-state index is -4.39. The quantitative estimate of drug-likeness (QED) is 0.401. The summed E-state index contributed by atoms with van der Waals surface area (Å²) in [4.78, 5) is 11.2. The molecule has 0 aliphatic rings. The second-order valence-corrected chi connectivity index (χ2v) is 4.48. The molecule has 0 rings (SSSR count). The maximum atomic E-state index is 11.2. The first-order chi connectivity index (χ1) is 6.43. The first-order valence-corrected chi connectivity index (χ1v) is 5.87. The summed E-state index contributed by atoms with van der Waals surface area (Å²) in [6.07, 6.45) is 1.65. The predicted octanol–water partition coefficient (Wildman–Crippen LogP) is -0.882. The van der Waals surface area contributed by atoms with Gasteiger partial charge in [-0.1, -0.05) is 13.3 Å². The highest BCUT2D eigenvalue weighted by Crippen LogP contribution is 1.97. The largest absolute Gasteiger partial charge is 0.355 e. The van der Waals surface area contributed by atoms with Crippen molar-refractivity contribution >= 4 is 16.0 Å². The van der Waals surface area contributed by atoms with Crippen molar-refractivity contribution in [1.82, 2.24) is 5.32 Å². The van der Waals surface area contributed by atoms with Gasteiger partial charge in [-0.2, -0.15) is 8.42 Å². The molecule has 0 aliphatic heterocycles. The summed E-state index contributed by atoms with van der Waals surface area (Å²) < 4.78 is 29.9. The number of nitrogens with two attached hydrogens (primary N) is 1. The third-order valence-electron chi connectivity index (χ3n) is 1.70. The molecule has 0 aliphatic carbocycles. The molecule has 0 saturated carbocycles. The lowest BCUT2D eigenvalue weighted by atomic mass is 10.3. The lowest BCUT2D eigenvalue weighted by molar-refractivity contribution is -0.120. The Labute approximate surface area is 83.6 Å². The van der Waals surface area contributed by atoms with Gasteiger partial charge in [0.05, 0.1) is 0 Å². The van der Waals surface area contributed by atoms with E-state index in [1.807, 2.05) is 6.92 Å². The Balaban J connectivity index is 4.20. The SMILES string of the molecule is CCCCNC(=O)C(CN)S(=O)(=O)O. The number of rotatable bonds is 6. The summed E-state index contributed by atoms with van der Waals surface area (Å²) in [6, 6.07) is 0. The molecular formula is C7H16N2O4S. The van der Waals surface area contributed by atoms with E-state index in [4.69, 9.17) is 10.3 Å². The summed E-state index contributed by atoms with van der Waals surface area (Å²) in [5.41, 5.74) is 5.06. The highest BCUT2D eigenvalue weighted by molar-refractivity contribution is 7.87. The minimum absolute atomic E-state index is 0.390. The van der Waals surface area contributed by atoms with E-state index in [1.54, 1.807) is 0 Å². The molecule has 0 aromatic rings. The molecule has 84 valence electrons. The van der Waals surface area contributed by atoms with Gasteiger partial charge < -0.3 is 11.1 Å². The van der Waals surface area contributed by atoms with E-state index >= 15 is 0 Å². The van der Waals surface area contributed by atoms with Crippen LogP contribution >= 0.6 is 0 Å². The van der Waals surface area contributed by atoms with Crippen LogP contribution in [0.5, 0.6) is 0 Å². The Morgan fingerprint density at radius 3 is 2.50 bits per heavy atom. The minimum Gasteiger partial charge on any atom is -0.355 e. The molecule has 4 N–H and O–H groups in total. The number of carbonyl (C=O) groups is 1. The number of hydrogen-bond donors (Lipinski definition) is 3. The van der Waals surface area contributed by atoms with Crippen molar-refractivity contribution in [3.05, 3.63) is 0 Å². The molecule has 7 heteroatoms. The van der Waals surface area contributed by atoms with Crippen LogP contribution in [0.3, 0.4) is 0 Å². The van der Waals surface area contributed by atoms with Gasteiger partial charge in [-0.15, -0.1) is 0 Å². The number of carbonyl (C=O) groups excluding carboxylic acids is 1. The van der Waals surface area contributed by atoms with Gasteiger partial charge in [-0.05, 0) is 6.42 Å². The van der Waals surface area contributed by atoms with Gasteiger partial charge in [0.1, 0.15) is 0 Å². The first-order valence-electron chi connectivity index (χ1n) is 4.37. The lowest BCUT2D eigenvalue weighted by Crippen LogP contribution is -2.44. The summed E-state index contributed by atoms with van der Waals surface area (Å²) >= 11 is 0. The zero-order valence-corrected chi connectivity index (χ0v) is 8.88. The van der Waals surface area contributed by atoms with Crippen LogP contribution in [-0.4, -0.2) is 37.2 Å². The molecule has 0 aromatic carbocycles. The van der Waals surface area contributed by atoms with E-state index in [-0.39, 0.29) is 0 Å². The van der Waals surface area contributed by atoms with Crippen LogP contribution in [-0.2, 0) is 14.9 Å². The fourth-order valence-electron chi connectivity index (χ4n) is 0.866. The molecule has 14 heavy (non-hydrogen) atoms. The lowest BCUT2D eigenvalue weighted by Gasteiger charge is -2.11.